The van der Waals surface area contributed by atoms with Gasteiger partial charge in [0.1, 0.15) is 22.3 Å². The van der Waals surface area contributed by atoms with Gasteiger partial charge in [0, 0.05) is 6.07 Å². The molecule has 2 N–H and O–H groups in total. The molecule has 0 saturated heterocycles. The summed E-state index contributed by atoms with van der Waals surface area (Å²) in [5.41, 5.74) is 1.67. The van der Waals surface area contributed by atoms with E-state index in [1.165, 1.54) is 25.3 Å². The average Bonchev–Trinajstić information content (AvgIpc) is 3.02. The minimum Gasteiger partial charge on any atom is -0.507 e. The SMILES string of the molecule is COC(=O)c1ccc(NS(=O)c2cccc3nsnc23)cc1O. The summed E-state index contributed by atoms with van der Waals surface area (Å²) >= 11 is 1.05. The maximum Gasteiger partial charge on any atom is 0.341 e. The number of aromatic hydroxyl groups is 1. The Morgan fingerprint density at radius 2 is 2.13 bits per heavy atom. The number of benzene rings is 2. The van der Waals surface area contributed by atoms with Crippen molar-refractivity contribution in [2.75, 3.05) is 11.8 Å². The van der Waals surface area contributed by atoms with E-state index in [-0.39, 0.29) is 11.3 Å². The van der Waals surface area contributed by atoms with E-state index in [1.807, 2.05) is 0 Å². The number of phenolic OH excluding ortho intramolecular Hbond substituents is 1. The molecule has 9 heteroatoms. The summed E-state index contributed by atoms with van der Waals surface area (Å²) in [4.78, 5) is 11.9. The van der Waals surface area contributed by atoms with Gasteiger partial charge in [0.2, 0.25) is 0 Å². The topological polar surface area (TPSA) is 101 Å². The molecule has 1 atom stereocenters. The first-order chi connectivity index (χ1) is 11.1. The second kappa shape index (κ2) is 6.31. The van der Waals surface area contributed by atoms with Crippen molar-refractivity contribution in [2.45, 2.75) is 4.90 Å². The smallest absolute Gasteiger partial charge is 0.341 e. The first-order valence-electron chi connectivity index (χ1n) is 6.41. The van der Waals surface area contributed by atoms with Crippen molar-refractivity contribution in [2.24, 2.45) is 0 Å². The van der Waals surface area contributed by atoms with Gasteiger partial charge in [-0.05, 0) is 24.3 Å². The first-order valence-corrected chi connectivity index (χ1v) is 8.29. The molecule has 0 spiro atoms. The first kappa shape index (κ1) is 15.4. The van der Waals surface area contributed by atoms with Crippen LogP contribution < -0.4 is 4.72 Å². The van der Waals surface area contributed by atoms with Crippen molar-refractivity contribution < 1.29 is 18.8 Å². The Morgan fingerprint density at radius 3 is 2.87 bits per heavy atom. The third-order valence-corrected chi connectivity index (χ3v) is 4.75. The number of carbonyl (C=O) groups excluding carboxylic acids is 1. The predicted molar refractivity (Wildman–Crippen MR) is 86.9 cm³/mol. The lowest BCUT2D eigenvalue weighted by atomic mass is 10.2. The van der Waals surface area contributed by atoms with Gasteiger partial charge in [-0.2, -0.15) is 8.75 Å². The van der Waals surface area contributed by atoms with E-state index in [1.54, 1.807) is 18.2 Å². The molecule has 1 aromatic heterocycles. The number of ether oxygens (including phenoxy) is 1. The van der Waals surface area contributed by atoms with Gasteiger partial charge in [-0.1, -0.05) is 6.07 Å². The molecule has 0 bridgehead atoms. The molecule has 0 saturated carbocycles. The molecule has 0 amide bonds. The van der Waals surface area contributed by atoms with E-state index < -0.39 is 17.0 Å². The van der Waals surface area contributed by atoms with E-state index in [9.17, 15) is 14.1 Å². The van der Waals surface area contributed by atoms with E-state index >= 15 is 0 Å². The molecule has 0 aliphatic rings. The van der Waals surface area contributed by atoms with Gasteiger partial charge < -0.3 is 14.6 Å². The predicted octanol–water partition coefficient (Wildman–Crippen LogP) is 2.32. The van der Waals surface area contributed by atoms with Crippen LogP contribution in [0.3, 0.4) is 0 Å². The van der Waals surface area contributed by atoms with Crippen LogP contribution in [0.2, 0.25) is 0 Å². The Hall–Kier alpha value is -2.52. The van der Waals surface area contributed by atoms with Crippen molar-refractivity contribution in [3.05, 3.63) is 42.0 Å². The van der Waals surface area contributed by atoms with Gasteiger partial charge in [-0.15, -0.1) is 0 Å². The zero-order valence-electron chi connectivity index (χ0n) is 11.8. The number of rotatable bonds is 4. The maximum atomic E-state index is 12.5. The summed E-state index contributed by atoms with van der Waals surface area (Å²) in [6.07, 6.45) is 0. The molecule has 1 heterocycles. The Morgan fingerprint density at radius 1 is 1.30 bits per heavy atom. The van der Waals surface area contributed by atoms with Gasteiger partial charge in [0.25, 0.3) is 0 Å². The summed E-state index contributed by atoms with van der Waals surface area (Å²) in [7, 11) is -0.360. The molecular formula is C14H11N3O4S2. The number of nitrogens with one attached hydrogen (secondary N) is 1. The fraction of sp³-hybridized carbons (Fsp3) is 0.0714. The van der Waals surface area contributed by atoms with Crippen molar-refractivity contribution in [3.8, 4) is 5.75 Å². The third kappa shape index (κ3) is 3.01. The van der Waals surface area contributed by atoms with Crippen LogP contribution in [-0.2, 0) is 15.7 Å². The number of carbonyl (C=O) groups is 1. The number of phenols is 1. The number of hydrogen-bond acceptors (Lipinski definition) is 7. The quantitative estimate of drug-likeness (QED) is 0.701. The summed E-state index contributed by atoms with van der Waals surface area (Å²) in [5, 5.41) is 9.85. The number of aromatic nitrogens is 2. The van der Waals surface area contributed by atoms with Crippen LogP contribution in [-0.4, -0.2) is 31.1 Å². The van der Waals surface area contributed by atoms with Crippen molar-refractivity contribution >= 4 is 45.4 Å². The Kier molecular flexibility index (Phi) is 4.22. The van der Waals surface area contributed by atoms with Crippen LogP contribution in [0, 0.1) is 0 Å². The molecule has 2 aromatic carbocycles. The molecule has 3 aromatic rings. The number of esters is 1. The van der Waals surface area contributed by atoms with Crippen molar-refractivity contribution in [1.82, 2.24) is 8.75 Å². The van der Waals surface area contributed by atoms with Crippen molar-refractivity contribution in [3.63, 3.8) is 0 Å². The minimum atomic E-state index is -1.59. The monoisotopic (exact) mass is 349 g/mol. The highest BCUT2D eigenvalue weighted by Crippen LogP contribution is 2.25. The van der Waals surface area contributed by atoms with Gasteiger partial charge in [-0.25, -0.2) is 9.00 Å². The summed E-state index contributed by atoms with van der Waals surface area (Å²) in [5.74, 6) is -0.902. The number of fused-ring (bicyclic) bond motifs is 1. The second-order valence-corrected chi connectivity index (χ2v) is 6.19. The number of anilines is 1. The van der Waals surface area contributed by atoms with E-state index in [0.717, 1.165) is 11.7 Å². The zero-order chi connectivity index (χ0) is 16.4. The number of methoxy groups -OCH3 is 1. The Labute approximate surface area is 137 Å². The summed E-state index contributed by atoms with van der Waals surface area (Å²) in [6.45, 7) is 0. The van der Waals surface area contributed by atoms with Gasteiger partial charge >= 0.3 is 5.97 Å². The van der Waals surface area contributed by atoms with Crippen LogP contribution in [0.15, 0.2) is 41.3 Å². The van der Waals surface area contributed by atoms with Crippen LogP contribution in [0.4, 0.5) is 5.69 Å². The van der Waals surface area contributed by atoms with Crippen LogP contribution in [0.5, 0.6) is 5.75 Å². The maximum absolute atomic E-state index is 12.5. The normalized spacial score (nSPS) is 12.0. The average molecular weight is 349 g/mol. The van der Waals surface area contributed by atoms with Crippen LogP contribution in [0.1, 0.15) is 10.4 Å². The molecule has 23 heavy (non-hydrogen) atoms. The molecule has 1 unspecified atom stereocenters. The van der Waals surface area contributed by atoms with E-state index in [2.05, 4.69) is 18.2 Å². The summed E-state index contributed by atoms with van der Waals surface area (Å²) in [6, 6.07) is 9.46. The lowest BCUT2D eigenvalue weighted by molar-refractivity contribution is 0.0597. The third-order valence-electron chi connectivity index (χ3n) is 3.06. The highest BCUT2D eigenvalue weighted by molar-refractivity contribution is 7.86. The molecule has 0 aliphatic carbocycles. The standard InChI is InChI=1S/C14H11N3O4S2/c1-21-14(19)9-6-5-8(7-11(9)18)17-23(20)12-4-2-3-10-13(12)16-22-15-10/h2-7,17-18H,1H3. The van der Waals surface area contributed by atoms with Crippen LogP contribution in [0.25, 0.3) is 11.0 Å². The van der Waals surface area contributed by atoms with E-state index in [0.29, 0.717) is 21.6 Å². The van der Waals surface area contributed by atoms with Crippen LogP contribution >= 0.6 is 11.7 Å². The highest BCUT2D eigenvalue weighted by Gasteiger charge is 2.15. The molecule has 0 aliphatic heterocycles. The second-order valence-electron chi connectivity index (χ2n) is 4.48. The Balaban J connectivity index is 1.87. The van der Waals surface area contributed by atoms with Gasteiger partial charge in [0.15, 0.2) is 11.0 Å². The Bertz CT molecular complexity index is 910. The lowest BCUT2D eigenvalue weighted by Gasteiger charge is -2.08. The lowest BCUT2D eigenvalue weighted by Crippen LogP contribution is -2.06. The molecular weight excluding hydrogens is 338 g/mol. The molecule has 0 radical (unpaired) electrons. The highest BCUT2D eigenvalue weighted by atomic mass is 32.2. The molecule has 0 fully saturated rings. The van der Waals surface area contributed by atoms with Crippen molar-refractivity contribution in [1.29, 1.82) is 0 Å². The van der Waals surface area contributed by atoms with Gasteiger partial charge in [-0.3, -0.25) is 0 Å². The summed E-state index contributed by atoms with van der Waals surface area (Å²) < 4.78 is 28.0. The van der Waals surface area contributed by atoms with Gasteiger partial charge in [0.05, 0.1) is 29.4 Å². The minimum absolute atomic E-state index is 0.0367. The van der Waals surface area contributed by atoms with E-state index in [4.69, 9.17) is 0 Å². The number of hydrogen-bond donors (Lipinski definition) is 2. The fourth-order valence-corrected chi connectivity index (χ4v) is 3.56. The molecule has 118 valence electrons. The zero-order valence-corrected chi connectivity index (χ0v) is 13.5. The number of nitrogens with zero attached hydrogens (tertiary/aromatic N) is 2. The largest absolute Gasteiger partial charge is 0.507 e. The molecule has 3 rings (SSSR count). The fourth-order valence-electron chi connectivity index (χ4n) is 1.97. The molecule has 7 nitrogen and oxygen atoms in total.